The van der Waals surface area contributed by atoms with Crippen LogP contribution in [0.5, 0.6) is 0 Å². The van der Waals surface area contributed by atoms with Gasteiger partial charge in [0.05, 0.1) is 6.10 Å². The minimum absolute atomic E-state index is 0.223. The number of hydrogen-bond donors (Lipinski definition) is 3. The number of aliphatic hydroxyl groups excluding tert-OH is 3. The average molecular weight is 222 g/mol. The first-order valence-corrected chi connectivity index (χ1v) is 5.71. The Balaban J connectivity index is 3.72. The van der Waals surface area contributed by atoms with Gasteiger partial charge in [0.25, 0.3) is 0 Å². The molecule has 0 fully saturated rings. The van der Waals surface area contributed by atoms with E-state index < -0.39 is 18.3 Å². The fourth-order valence-electron chi connectivity index (χ4n) is 0.831. The monoisotopic (exact) mass is 222 g/mol. The summed E-state index contributed by atoms with van der Waals surface area (Å²) in [5, 5.41) is 27.5. The zero-order valence-electron chi connectivity index (χ0n) is 8.46. The van der Waals surface area contributed by atoms with Gasteiger partial charge >= 0.3 is 0 Å². The zero-order valence-corrected chi connectivity index (χ0v) is 9.28. The Kier molecular flexibility index (Phi) is 7.17. The molecular formula is C9H18O4S. The molecule has 0 unspecified atom stereocenters. The molecule has 0 amide bonds. The topological polar surface area (TPSA) is 77.8 Å². The third-order valence-corrected chi connectivity index (χ3v) is 3.10. The Morgan fingerprint density at radius 3 is 2.21 bits per heavy atom. The Morgan fingerprint density at radius 1 is 1.21 bits per heavy atom. The molecule has 0 aromatic carbocycles. The molecule has 0 bridgehead atoms. The van der Waals surface area contributed by atoms with E-state index in [1.165, 1.54) is 11.8 Å². The maximum Gasteiger partial charge on any atom is 0.151 e. The first kappa shape index (κ1) is 13.9. The summed E-state index contributed by atoms with van der Waals surface area (Å²) in [6, 6.07) is 0. The van der Waals surface area contributed by atoms with Crippen LogP contribution in [0.25, 0.3) is 0 Å². The lowest BCUT2D eigenvalue weighted by Gasteiger charge is -2.19. The van der Waals surface area contributed by atoms with E-state index in [1.54, 1.807) is 0 Å². The molecule has 0 aliphatic carbocycles. The molecule has 3 atom stereocenters. The van der Waals surface area contributed by atoms with Crippen molar-refractivity contribution in [2.24, 2.45) is 5.92 Å². The van der Waals surface area contributed by atoms with E-state index in [-0.39, 0.29) is 6.29 Å². The van der Waals surface area contributed by atoms with Crippen LogP contribution in [-0.2, 0) is 4.79 Å². The van der Waals surface area contributed by atoms with Crippen LogP contribution >= 0.6 is 11.8 Å². The first-order valence-electron chi connectivity index (χ1n) is 4.56. The molecule has 0 aromatic rings. The third-order valence-electron chi connectivity index (χ3n) is 1.62. The molecule has 0 saturated heterocycles. The van der Waals surface area contributed by atoms with Crippen LogP contribution in [-0.4, -0.2) is 51.4 Å². The number of rotatable bonds is 7. The standard InChI is InChI=1S/C9H18O4S/c1-6(2)4-14-5-8(12)9(13)7(11)3-10/h3,6-9,11-13H,4-5H2,1-2H3/t7-,8+,9-/m0/s1. The van der Waals surface area contributed by atoms with Crippen LogP contribution < -0.4 is 0 Å². The number of thioether (sulfide) groups is 1. The molecule has 0 rings (SSSR count). The van der Waals surface area contributed by atoms with Gasteiger partial charge in [-0.3, -0.25) is 0 Å². The molecule has 84 valence electrons. The van der Waals surface area contributed by atoms with Gasteiger partial charge in [0.1, 0.15) is 12.2 Å². The van der Waals surface area contributed by atoms with Crippen LogP contribution in [0, 0.1) is 5.92 Å². The number of aldehydes is 1. The fraction of sp³-hybridized carbons (Fsp3) is 0.889. The predicted molar refractivity (Wildman–Crippen MR) is 56.2 cm³/mol. The molecule has 0 saturated carbocycles. The van der Waals surface area contributed by atoms with Crippen LogP contribution in [0.3, 0.4) is 0 Å². The normalized spacial score (nSPS) is 17.9. The molecule has 0 spiro atoms. The molecule has 0 aliphatic heterocycles. The van der Waals surface area contributed by atoms with Crippen molar-refractivity contribution in [3.05, 3.63) is 0 Å². The van der Waals surface area contributed by atoms with Crippen molar-refractivity contribution < 1.29 is 20.1 Å². The van der Waals surface area contributed by atoms with Crippen LogP contribution in [0.15, 0.2) is 0 Å². The van der Waals surface area contributed by atoms with Crippen molar-refractivity contribution in [1.82, 2.24) is 0 Å². The van der Waals surface area contributed by atoms with Gasteiger partial charge in [0.15, 0.2) is 6.29 Å². The molecule has 14 heavy (non-hydrogen) atoms. The van der Waals surface area contributed by atoms with Crippen LogP contribution in [0.4, 0.5) is 0 Å². The third kappa shape index (κ3) is 5.59. The highest BCUT2D eigenvalue weighted by Crippen LogP contribution is 2.11. The summed E-state index contributed by atoms with van der Waals surface area (Å²) >= 11 is 1.49. The Morgan fingerprint density at radius 2 is 1.79 bits per heavy atom. The number of aliphatic hydroxyl groups is 3. The van der Waals surface area contributed by atoms with E-state index >= 15 is 0 Å². The van der Waals surface area contributed by atoms with Crippen molar-refractivity contribution in [2.75, 3.05) is 11.5 Å². The first-order chi connectivity index (χ1) is 6.49. The van der Waals surface area contributed by atoms with E-state index in [2.05, 4.69) is 13.8 Å². The van der Waals surface area contributed by atoms with Gasteiger partial charge < -0.3 is 20.1 Å². The van der Waals surface area contributed by atoms with Gasteiger partial charge in [-0.25, -0.2) is 0 Å². The molecular weight excluding hydrogens is 204 g/mol. The summed E-state index contributed by atoms with van der Waals surface area (Å²) < 4.78 is 0. The Bertz CT molecular complexity index is 163. The van der Waals surface area contributed by atoms with E-state index in [9.17, 15) is 15.0 Å². The fourth-order valence-corrected chi connectivity index (χ4v) is 1.88. The minimum Gasteiger partial charge on any atom is -0.389 e. The van der Waals surface area contributed by atoms with Crippen molar-refractivity contribution in [3.63, 3.8) is 0 Å². The summed E-state index contributed by atoms with van der Waals surface area (Å²) in [7, 11) is 0. The smallest absolute Gasteiger partial charge is 0.151 e. The lowest BCUT2D eigenvalue weighted by atomic mass is 10.1. The molecule has 0 aromatic heterocycles. The van der Waals surface area contributed by atoms with Gasteiger partial charge in [-0.1, -0.05) is 13.8 Å². The summed E-state index contributed by atoms with van der Waals surface area (Å²) in [5.74, 6) is 1.71. The summed E-state index contributed by atoms with van der Waals surface area (Å²) in [4.78, 5) is 10.1. The number of hydrogen-bond acceptors (Lipinski definition) is 5. The van der Waals surface area contributed by atoms with Gasteiger partial charge in [0.2, 0.25) is 0 Å². The Hall–Kier alpha value is -0.100. The van der Waals surface area contributed by atoms with Crippen molar-refractivity contribution in [2.45, 2.75) is 32.2 Å². The molecule has 0 aliphatic rings. The number of carbonyl (C=O) groups is 1. The maximum atomic E-state index is 10.1. The summed E-state index contributed by atoms with van der Waals surface area (Å²) in [6.07, 6.45) is -3.71. The van der Waals surface area contributed by atoms with E-state index in [1.807, 2.05) is 0 Å². The molecule has 5 heteroatoms. The summed E-state index contributed by atoms with van der Waals surface area (Å²) in [5.41, 5.74) is 0. The highest BCUT2D eigenvalue weighted by atomic mass is 32.2. The van der Waals surface area contributed by atoms with Gasteiger partial charge in [-0.05, 0) is 11.7 Å². The second-order valence-corrected chi connectivity index (χ2v) is 4.69. The largest absolute Gasteiger partial charge is 0.389 e. The Labute approximate surface area is 88.3 Å². The van der Waals surface area contributed by atoms with Crippen molar-refractivity contribution >= 4 is 18.0 Å². The van der Waals surface area contributed by atoms with Crippen molar-refractivity contribution in [1.29, 1.82) is 0 Å². The lowest BCUT2D eigenvalue weighted by molar-refractivity contribution is -0.124. The maximum absolute atomic E-state index is 10.1. The van der Waals surface area contributed by atoms with Crippen LogP contribution in [0.1, 0.15) is 13.8 Å². The zero-order chi connectivity index (χ0) is 11.1. The minimum atomic E-state index is -1.50. The highest BCUT2D eigenvalue weighted by molar-refractivity contribution is 7.99. The van der Waals surface area contributed by atoms with Gasteiger partial charge in [-0.2, -0.15) is 11.8 Å². The predicted octanol–water partition coefficient (Wildman–Crippen LogP) is -0.343. The van der Waals surface area contributed by atoms with Crippen molar-refractivity contribution in [3.8, 4) is 0 Å². The second kappa shape index (κ2) is 7.23. The van der Waals surface area contributed by atoms with E-state index in [0.717, 1.165) is 5.75 Å². The molecule has 3 N–H and O–H groups in total. The molecule has 0 heterocycles. The second-order valence-electron chi connectivity index (χ2n) is 3.62. The average Bonchev–Trinajstić information content (AvgIpc) is 2.14. The highest BCUT2D eigenvalue weighted by Gasteiger charge is 2.23. The lowest BCUT2D eigenvalue weighted by Crippen LogP contribution is -2.39. The number of carbonyl (C=O) groups excluding carboxylic acids is 1. The van der Waals surface area contributed by atoms with Gasteiger partial charge in [0, 0.05) is 5.75 Å². The molecule has 0 radical (unpaired) electrons. The molecule has 4 nitrogen and oxygen atoms in total. The van der Waals surface area contributed by atoms with E-state index in [4.69, 9.17) is 5.11 Å². The SMILES string of the molecule is CC(C)CSC[C@@H](O)[C@@H](O)[C@@H](O)C=O. The summed E-state index contributed by atoms with van der Waals surface area (Å²) in [6.45, 7) is 4.10. The van der Waals surface area contributed by atoms with Crippen LogP contribution in [0.2, 0.25) is 0 Å². The van der Waals surface area contributed by atoms with Gasteiger partial charge in [-0.15, -0.1) is 0 Å². The quantitative estimate of drug-likeness (QED) is 0.514. The van der Waals surface area contributed by atoms with E-state index in [0.29, 0.717) is 11.7 Å².